The zero-order valence-electron chi connectivity index (χ0n) is 14.9. The van der Waals surface area contributed by atoms with Gasteiger partial charge in [-0.2, -0.15) is 0 Å². The molecule has 0 aliphatic heterocycles. The van der Waals surface area contributed by atoms with Gasteiger partial charge >= 0.3 is 0 Å². The smallest absolute Gasteiger partial charge is 0.259 e. The first-order chi connectivity index (χ1) is 12.6. The van der Waals surface area contributed by atoms with Gasteiger partial charge in [-0.15, -0.1) is 11.3 Å². The second-order valence-electron chi connectivity index (χ2n) is 6.20. The number of rotatable bonds is 4. The van der Waals surface area contributed by atoms with Gasteiger partial charge in [-0.25, -0.2) is 13.4 Å². The second kappa shape index (κ2) is 7.42. The molecule has 0 radical (unpaired) electrons. The number of nitrogens with one attached hydrogen (secondary N) is 1. The van der Waals surface area contributed by atoms with Crippen molar-refractivity contribution in [1.82, 2.24) is 4.98 Å². The zero-order chi connectivity index (χ0) is 19.8. The van der Waals surface area contributed by atoms with Crippen molar-refractivity contribution in [3.05, 3.63) is 63.5 Å². The number of hydrogen-bond donors (Lipinski definition) is 1. The summed E-state index contributed by atoms with van der Waals surface area (Å²) in [4.78, 5) is 17.0. The average Bonchev–Trinajstić information content (AvgIpc) is 3.05. The molecule has 140 valence electrons. The summed E-state index contributed by atoms with van der Waals surface area (Å²) in [6.07, 6.45) is 1.08. The summed E-state index contributed by atoms with van der Waals surface area (Å²) in [6, 6.07) is 10.1. The van der Waals surface area contributed by atoms with E-state index >= 15 is 0 Å². The first-order valence-electron chi connectivity index (χ1n) is 7.99. The van der Waals surface area contributed by atoms with Gasteiger partial charge in [-0.3, -0.25) is 10.1 Å². The third kappa shape index (κ3) is 4.37. The summed E-state index contributed by atoms with van der Waals surface area (Å²) < 4.78 is 23.4. The highest BCUT2D eigenvalue weighted by Crippen LogP contribution is 2.28. The SMILES string of the molecule is Cc1ccc(-c2csc(NC(=O)c3cc(S(C)(=O)=O)ccc3Cl)n2)cc1C. The molecular weight excluding hydrogens is 404 g/mol. The van der Waals surface area contributed by atoms with Gasteiger partial charge < -0.3 is 0 Å². The number of halogens is 1. The molecule has 5 nitrogen and oxygen atoms in total. The lowest BCUT2D eigenvalue weighted by Gasteiger charge is -2.06. The molecule has 0 saturated carbocycles. The van der Waals surface area contributed by atoms with Crippen molar-refractivity contribution < 1.29 is 13.2 Å². The number of thiazole rings is 1. The highest BCUT2D eigenvalue weighted by molar-refractivity contribution is 7.90. The topological polar surface area (TPSA) is 76.1 Å². The van der Waals surface area contributed by atoms with Crippen LogP contribution in [-0.2, 0) is 9.84 Å². The Labute approximate surface area is 167 Å². The third-order valence-corrected chi connectivity index (χ3v) is 6.34. The van der Waals surface area contributed by atoms with Crippen molar-refractivity contribution in [3.8, 4) is 11.3 Å². The van der Waals surface area contributed by atoms with Crippen molar-refractivity contribution in [2.45, 2.75) is 18.7 Å². The summed E-state index contributed by atoms with van der Waals surface area (Å²) >= 11 is 7.36. The van der Waals surface area contributed by atoms with Crippen molar-refractivity contribution >= 4 is 43.8 Å². The van der Waals surface area contributed by atoms with Crippen molar-refractivity contribution in [2.75, 3.05) is 11.6 Å². The van der Waals surface area contributed by atoms with Crippen LogP contribution in [0.4, 0.5) is 5.13 Å². The first-order valence-corrected chi connectivity index (χ1v) is 11.1. The standard InChI is InChI=1S/C19H17ClN2O3S2/c1-11-4-5-13(8-12(11)2)17-10-26-19(21-17)22-18(23)15-9-14(27(3,24)25)6-7-16(15)20/h4-10H,1-3H3,(H,21,22,23). The summed E-state index contributed by atoms with van der Waals surface area (Å²) in [5, 5.41) is 5.12. The molecule has 0 unspecified atom stereocenters. The van der Waals surface area contributed by atoms with Gasteiger partial charge in [0.1, 0.15) is 0 Å². The molecule has 0 saturated heterocycles. The van der Waals surface area contributed by atoms with E-state index in [-0.39, 0.29) is 15.5 Å². The van der Waals surface area contributed by atoms with Gasteiger partial charge in [0.2, 0.25) is 0 Å². The highest BCUT2D eigenvalue weighted by Gasteiger charge is 2.17. The van der Waals surface area contributed by atoms with Gasteiger partial charge in [0, 0.05) is 17.2 Å². The lowest BCUT2D eigenvalue weighted by atomic mass is 10.1. The van der Waals surface area contributed by atoms with E-state index in [1.54, 1.807) is 0 Å². The Morgan fingerprint density at radius 2 is 1.85 bits per heavy atom. The maximum absolute atomic E-state index is 12.5. The Morgan fingerprint density at radius 1 is 1.11 bits per heavy atom. The number of carbonyl (C=O) groups is 1. The largest absolute Gasteiger partial charge is 0.298 e. The molecule has 1 amide bonds. The first kappa shape index (κ1) is 19.5. The van der Waals surface area contributed by atoms with Crippen LogP contribution >= 0.6 is 22.9 Å². The normalized spacial score (nSPS) is 11.4. The molecule has 3 aromatic rings. The highest BCUT2D eigenvalue weighted by atomic mass is 35.5. The van der Waals surface area contributed by atoms with Crippen molar-refractivity contribution in [2.24, 2.45) is 0 Å². The Balaban J connectivity index is 1.85. The van der Waals surface area contributed by atoms with Crippen LogP contribution in [0.15, 0.2) is 46.7 Å². The molecule has 8 heteroatoms. The van der Waals surface area contributed by atoms with E-state index in [1.807, 2.05) is 37.4 Å². The maximum atomic E-state index is 12.5. The monoisotopic (exact) mass is 420 g/mol. The number of hydrogen-bond acceptors (Lipinski definition) is 5. The quantitative estimate of drug-likeness (QED) is 0.661. The third-order valence-electron chi connectivity index (χ3n) is 4.14. The number of aryl methyl sites for hydroxylation is 2. The molecule has 1 heterocycles. The molecule has 0 spiro atoms. The molecule has 3 rings (SSSR count). The molecule has 0 bridgehead atoms. The molecule has 0 aliphatic rings. The van der Waals surface area contributed by atoms with Crippen molar-refractivity contribution in [1.29, 1.82) is 0 Å². The van der Waals surface area contributed by atoms with E-state index in [4.69, 9.17) is 11.6 Å². The van der Waals surface area contributed by atoms with Crippen LogP contribution < -0.4 is 5.32 Å². The average molecular weight is 421 g/mol. The number of aromatic nitrogens is 1. The van der Waals surface area contributed by atoms with Gasteiger partial charge in [0.25, 0.3) is 5.91 Å². The molecule has 0 atom stereocenters. The van der Waals surface area contributed by atoms with Gasteiger partial charge in [0.15, 0.2) is 15.0 Å². The van der Waals surface area contributed by atoms with Gasteiger partial charge in [-0.1, -0.05) is 23.7 Å². The molecule has 1 aromatic heterocycles. The Morgan fingerprint density at radius 3 is 2.52 bits per heavy atom. The predicted octanol–water partition coefficient (Wildman–Crippen LogP) is 4.74. The number of amides is 1. The lowest BCUT2D eigenvalue weighted by Crippen LogP contribution is -2.13. The Hall–Kier alpha value is -2.22. The fourth-order valence-corrected chi connectivity index (χ4v) is 4.00. The molecule has 2 aromatic carbocycles. The minimum atomic E-state index is -3.44. The fourth-order valence-electron chi connectivity index (χ4n) is 2.44. The fraction of sp³-hybridized carbons (Fsp3) is 0.158. The van der Waals surface area contributed by atoms with E-state index < -0.39 is 15.7 Å². The zero-order valence-corrected chi connectivity index (χ0v) is 17.3. The summed E-state index contributed by atoms with van der Waals surface area (Å²) in [6.45, 7) is 4.07. The minimum absolute atomic E-state index is 0.0343. The predicted molar refractivity (Wildman–Crippen MR) is 110 cm³/mol. The summed E-state index contributed by atoms with van der Waals surface area (Å²) in [5.74, 6) is -0.508. The summed E-state index contributed by atoms with van der Waals surface area (Å²) in [7, 11) is -3.44. The number of sulfone groups is 1. The Kier molecular flexibility index (Phi) is 5.37. The molecule has 0 fully saturated rings. The van der Waals surface area contributed by atoms with Gasteiger partial charge in [-0.05, 0) is 49.2 Å². The van der Waals surface area contributed by atoms with E-state index in [9.17, 15) is 13.2 Å². The van der Waals surface area contributed by atoms with Crippen LogP contribution in [0.1, 0.15) is 21.5 Å². The van der Waals surface area contributed by atoms with Crippen LogP contribution in [0, 0.1) is 13.8 Å². The number of benzene rings is 2. The van der Waals surface area contributed by atoms with Crippen LogP contribution in [0.25, 0.3) is 11.3 Å². The molecule has 1 N–H and O–H groups in total. The molecule has 27 heavy (non-hydrogen) atoms. The summed E-state index contributed by atoms with van der Waals surface area (Å²) in [5.41, 5.74) is 4.17. The van der Waals surface area contributed by atoms with Crippen LogP contribution in [-0.4, -0.2) is 25.6 Å². The van der Waals surface area contributed by atoms with Crippen LogP contribution in [0.2, 0.25) is 5.02 Å². The van der Waals surface area contributed by atoms with Crippen LogP contribution in [0.5, 0.6) is 0 Å². The van der Waals surface area contributed by atoms with Gasteiger partial charge in [0.05, 0.1) is 21.2 Å². The van der Waals surface area contributed by atoms with E-state index in [2.05, 4.69) is 10.3 Å². The van der Waals surface area contributed by atoms with Crippen molar-refractivity contribution in [3.63, 3.8) is 0 Å². The maximum Gasteiger partial charge on any atom is 0.259 e. The number of carbonyl (C=O) groups excluding carboxylic acids is 1. The van der Waals surface area contributed by atoms with E-state index in [0.717, 1.165) is 23.1 Å². The van der Waals surface area contributed by atoms with E-state index in [1.165, 1.54) is 35.1 Å². The van der Waals surface area contributed by atoms with Crippen LogP contribution in [0.3, 0.4) is 0 Å². The number of nitrogens with zero attached hydrogens (tertiary/aromatic N) is 1. The number of anilines is 1. The molecular formula is C19H17ClN2O3S2. The minimum Gasteiger partial charge on any atom is -0.298 e. The lowest BCUT2D eigenvalue weighted by molar-refractivity contribution is 0.102. The van der Waals surface area contributed by atoms with E-state index in [0.29, 0.717) is 5.13 Å². The second-order valence-corrected chi connectivity index (χ2v) is 9.49. The Bertz CT molecular complexity index is 1140. The molecule has 0 aliphatic carbocycles.